The summed E-state index contributed by atoms with van der Waals surface area (Å²) in [6.45, 7) is 13.3. The summed E-state index contributed by atoms with van der Waals surface area (Å²) in [7, 11) is 0. The predicted molar refractivity (Wildman–Crippen MR) is 146 cm³/mol. The molecule has 200 valence electrons. The molecule has 2 fully saturated rings. The van der Waals surface area contributed by atoms with E-state index in [-0.39, 0.29) is 18.2 Å². The molecule has 1 aliphatic carbocycles. The van der Waals surface area contributed by atoms with Gasteiger partial charge in [0, 0.05) is 23.3 Å². The summed E-state index contributed by atoms with van der Waals surface area (Å²) >= 11 is 0. The van der Waals surface area contributed by atoms with Gasteiger partial charge in [-0.2, -0.15) is 0 Å². The van der Waals surface area contributed by atoms with Crippen LogP contribution in [-0.4, -0.2) is 27.9 Å². The number of pyridine rings is 1. The second-order valence-electron chi connectivity index (χ2n) is 11.9. The molecule has 1 aliphatic heterocycles. The summed E-state index contributed by atoms with van der Waals surface area (Å²) in [4.78, 5) is 18.1. The Labute approximate surface area is 224 Å². The van der Waals surface area contributed by atoms with Crippen LogP contribution in [0.15, 0.2) is 61.2 Å². The Bertz CT molecular complexity index is 1370. The third-order valence-electron chi connectivity index (χ3n) is 7.02. The molecule has 2 heterocycles. The van der Waals surface area contributed by atoms with Gasteiger partial charge in [0.05, 0.1) is 23.7 Å². The fourth-order valence-corrected chi connectivity index (χ4v) is 5.51. The van der Waals surface area contributed by atoms with E-state index in [2.05, 4.69) is 6.58 Å². The summed E-state index contributed by atoms with van der Waals surface area (Å²) in [6.07, 6.45) is 3.76. The van der Waals surface area contributed by atoms with Crippen LogP contribution in [0, 0.1) is 5.82 Å². The number of esters is 1. The van der Waals surface area contributed by atoms with Crippen molar-refractivity contribution in [2.45, 2.75) is 89.3 Å². The molecule has 0 spiro atoms. The number of rotatable bonds is 6. The van der Waals surface area contributed by atoms with E-state index in [1.807, 2.05) is 71.0 Å². The molecule has 3 aromatic rings. The van der Waals surface area contributed by atoms with Crippen LogP contribution in [0.4, 0.5) is 4.39 Å². The van der Waals surface area contributed by atoms with Gasteiger partial charge in [-0.15, -0.1) is 6.58 Å². The predicted octanol–water partition coefficient (Wildman–Crippen LogP) is 7.79. The highest BCUT2D eigenvalue weighted by Gasteiger charge is 2.48. The van der Waals surface area contributed by atoms with Crippen LogP contribution in [-0.2, 0) is 19.0 Å². The van der Waals surface area contributed by atoms with E-state index in [0.29, 0.717) is 12.3 Å². The van der Waals surface area contributed by atoms with Gasteiger partial charge in [0.1, 0.15) is 17.0 Å². The number of fused-ring (bicyclic) bond motifs is 1. The molecular weight excluding hydrogens is 481 g/mol. The molecule has 2 aromatic carbocycles. The van der Waals surface area contributed by atoms with Gasteiger partial charge in [0.15, 0.2) is 5.79 Å². The number of benzene rings is 2. The molecule has 1 aromatic heterocycles. The van der Waals surface area contributed by atoms with Crippen molar-refractivity contribution in [1.29, 1.82) is 0 Å². The van der Waals surface area contributed by atoms with Crippen molar-refractivity contribution in [3.63, 3.8) is 0 Å². The zero-order valence-corrected chi connectivity index (χ0v) is 22.8. The van der Waals surface area contributed by atoms with Crippen molar-refractivity contribution in [1.82, 2.24) is 4.98 Å². The Kier molecular flexibility index (Phi) is 6.69. The van der Waals surface area contributed by atoms with E-state index in [1.165, 1.54) is 12.1 Å². The normalized spacial score (nSPS) is 23.3. The molecule has 0 radical (unpaired) electrons. The highest BCUT2D eigenvalue weighted by molar-refractivity contribution is 5.97. The van der Waals surface area contributed by atoms with Crippen molar-refractivity contribution >= 4 is 16.9 Å². The maximum Gasteiger partial charge on any atom is 0.309 e. The number of hydrogen-bond acceptors (Lipinski definition) is 5. The second kappa shape index (κ2) is 9.58. The minimum absolute atomic E-state index is 0.0166. The van der Waals surface area contributed by atoms with E-state index in [4.69, 9.17) is 19.2 Å². The third-order valence-corrected chi connectivity index (χ3v) is 7.02. The van der Waals surface area contributed by atoms with Gasteiger partial charge in [0.25, 0.3) is 0 Å². The molecule has 5 nitrogen and oxygen atoms in total. The lowest BCUT2D eigenvalue weighted by Gasteiger charge is -2.47. The van der Waals surface area contributed by atoms with Crippen LogP contribution in [0.25, 0.3) is 22.0 Å². The number of carbonyl (C=O) groups is 1. The SMILES string of the molecule is C=C[C@]1(CC(=O)OC(C)(C)C)C[C@@H](c2c(C3CC3)nc3ccccc3c2-c2ccc(F)cc2)OC(C)(C)O1. The number of halogens is 1. The van der Waals surface area contributed by atoms with Crippen LogP contribution >= 0.6 is 0 Å². The van der Waals surface area contributed by atoms with E-state index in [1.54, 1.807) is 6.08 Å². The summed E-state index contributed by atoms with van der Waals surface area (Å²) in [5.41, 5.74) is 3.14. The highest BCUT2D eigenvalue weighted by Crippen LogP contribution is 2.52. The van der Waals surface area contributed by atoms with Crippen LogP contribution in [0.3, 0.4) is 0 Å². The Hall–Kier alpha value is -3.09. The van der Waals surface area contributed by atoms with Crippen LogP contribution < -0.4 is 0 Å². The maximum absolute atomic E-state index is 14.0. The first-order chi connectivity index (χ1) is 17.9. The van der Waals surface area contributed by atoms with Crippen molar-refractivity contribution in [3.8, 4) is 11.1 Å². The van der Waals surface area contributed by atoms with Crippen molar-refractivity contribution < 1.29 is 23.4 Å². The van der Waals surface area contributed by atoms with E-state index in [9.17, 15) is 9.18 Å². The zero-order chi connectivity index (χ0) is 27.3. The van der Waals surface area contributed by atoms with Gasteiger partial charge >= 0.3 is 5.97 Å². The molecule has 38 heavy (non-hydrogen) atoms. The first-order valence-electron chi connectivity index (χ1n) is 13.3. The average Bonchev–Trinajstić information content (AvgIpc) is 3.66. The number of aromatic nitrogens is 1. The quantitative estimate of drug-likeness (QED) is 0.247. The van der Waals surface area contributed by atoms with Gasteiger partial charge in [-0.25, -0.2) is 4.39 Å². The monoisotopic (exact) mass is 517 g/mol. The zero-order valence-electron chi connectivity index (χ0n) is 22.8. The first kappa shape index (κ1) is 26.5. The lowest BCUT2D eigenvalue weighted by Crippen LogP contribution is -2.50. The van der Waals surface area contributed by atoms with Gasteiger partial charge < -0.3 is 14.2 Å². The summed E-state index contributed by atoms with van der Waals surface area (Å²) in [6, 6.07) is 14.6. The van der Waals surface area contributed by atoms with Crippen molar-refractivity contribution in [2.75, 3.05) is 0 Å². The summed E-state index contributed by atoms with van der Waals surface area (Å²) < 4.78 is 32.6. The Morgan fingerprint density at radius 2 is 1.84 bits per heavy atom. The summed E-state index contributed by atoms with van der Waals surface area (Å²) in [5, 5.41) is 0.975. The molecule has 0 amide bonds. The van der Waals surface area contributed by atoms with Gasteiger partial charge in [0.2, 0.25) is 0 Å². The minimum Gasteiger partial charge on any atom is -0.460 e. The lowest BCUT2D eigenvalue weighted by atomic mass is 9.82. The van der Waals surface area contributed by atoms with Crippen molar-refractivity contribution in [2.24, 2.45) is 0 Å². The molecule has 2 atom stereocenters. The highest BCUT2D eigenvalue weighted by atomic mass is 19.1. The fourth-order valence-electron chi connectivity index (χ4n) is 5.51. The van der Waals surface area contributed by atoms with Crippen LogP contribution in [0.2, 0.25) is 0 Å². The third kappa shape index (κ3) is 5.52. The lowest BCUT2D eigenvalue weighted by molar-refractivity contribution is -0.324. The first-order valence-corrected chi connectivity index (χ1v) is 13.3. The molecule has 6 heteroatoms. The van der Waals surface area contributed by atoms with E-state index < -0.39 is 23.1 Å². The largest absolute Gasteiger partial charge is 0.460 e. The molecule has 2 aliphatic rings. The number of para-hydroxylation sites is 1. The molecular formula is C32H36FNO4. The van der Waals surface area contributed by atoms with Crippen LogP contribution in [0.5, 0.6) is 0 Å². The molecule has 0 N–H and O–H groups in total. The van der Waals surface area contributed by atoms with Gasteiger partial charge in [-0.1, -0.05) is 36.4 Å². The number of carbonyl (C=O) groups excluding carboxylic acids is 1. The number of ether oxygens (including phenoxy) is 3. The molecule has 0 bridgehead atoms. The van der Waals surface area contributed by atoms with Crippen LogP contribution in [0.1, 0.15) is 83.6 Å². The van der Waals surface area contributed by atoms with E-state index in [0.717, 1.165) is 46.1 Å². The number of hydrogen-bond donors (Lipinski definition) is 0. The molecule has 0 unspecified atom stereocenters. The minimum atomic E-state index is -1.01. The molecule has 1 saturated heterocycles. The Morgan fingerprint density at radius 1 is 1.16 bits per heavy atom. The van der Waals surface area contributed by atoms with E-state index >= 15 is 0 Å². The Morgan fingerprint density at radius 3 is 2.47 bits per heavy atom. The molecule has 5 rings (SSSR count). The maximum atomic E-state index is 14.0. The van der Waals surface area contributed by atoms with Crippen molar-refractivity contribution in [3.05, 3.63) is 78.3 Å². The van der Waals surface area contributed by atoms with Gasteiger partial charge in [-0.3, -0.25) is 9.78 Å². The summed E-state index contributed by atoms with van der Waals surface area (Å²) in [5.74, 6) is -1.33. The fraction of sp³-hybridized carbons (Fsp3) is 0.438. The number of nitrogens with zero attached hydrogens (tertiary/aromatic N) is 1. The topological polar surface area (TPSA) is 57.7 Å². The smallest absolute Gasteiger partial charge is 0.309 e. The van der Waals surface area contributed by atoms with Gasteiger partial charge in [-0.05, 0) is 76.8 Å². The standard InChI is InChI=1S/C32H36FNO4/c1-7-32(19-26(35)37-30(2,3)4)18-25(36-31(5,6)38-32)28-27(20-14-16-22(33)17-15-20)23-10-8-9-11-24(23)34-29(28)21-12-13-21/h7-11,14-17,21,25H,1,12-13,18-19H2,2-6H3/t25-,32+/m0/s1. The second-order valence-corrected chi connectivity index (χ2v) is 11.9. The Balaban J connectivity index is 1.68. The average molecular weight is 518 g/mol. The molecule has 1 saturated carbocycles.